The van der Waals surface area contributed by atoms with Crippen molar-refractivity contribution in [3.05, 3.63) is 46.6 Å². The van der Waals surface area contributed by atoms with Gasteiger partial charge in [-0.05, 0) is 25.1 Å². The van der Waals surface area contributed by atoms with Crippen molar-refractivity contribution in [1.82, 2.24) is 5.16 Å². The fourth-order valence-electron chi connectivity index (χ4n) is 1.99. The van der Waals surface area contributed by atoms with Crippen LogP contribution >= 0.6 is 0 Å². The second-order valence-electron chi connectivity index (χ2n) is 5.12. The van der Waals surface area contributed by atoms with Crippen molar-refractivity contribution >= 4 is 17.6 Å². The number of anilines is 1. The number of carbonyl (C=O) groups is 2. The van der Waals surface area contributed by atoms with Gasteiger partial charge in [-0.1, -0.05) is 19.0 Å². The molecule has 0 aliphatic heterocycles. The van der Waals surface area contributed by atoms with E-state index in [0.29, 0.717) is 11.5 Å². The molecule has 0 atom stereocenters. The molecule has 0 aliphatic rings. The first kappa shape index (κ1) is 15.7. The van der Waals surface area contributed by atoms with Crippen molar-refractivity contribution in [2.75, 3.05) is 5.32 Å². The van der Waals surface area contributed by atoms with E-state index in [1.807, 2.05) is 13.8 Å². The molecule has 0 aliphatic carbocycles. The van der Waals surface area contributed by atoms with Crippen LogP contribution in [0.2, 0.25) is 0 Å². The molecule has 22 heavy (non-hydrogen) atoms. The average Bonchev–Trinajstić information content (AvgIpc) is 2.82. The first-order valence-corrected chi connectivity index (χ1v) is 6.61. The third kappa shape index (κ3) is 2.98. The number of nitrogens with one attached hydrogen (secondary N) is 1. The number of hydrogen-bond acceptors (Lipinski definition) is 4. The van der Waals surface area contributed by atoms with E-state index in [1.165, 1.54) is 12.1 Å². The molecule has 0 bridgehead atoms. The van der Waals surface area contributed by atoms with Gasteiger partial charge in [0, 0.05) is 5.92 Å². The normalized spacial score (nSPS) is 10.8. The number of nitrogens with zero attached hydrogens (tertiary/aromatic N) is 1. The predicted molar refractivity (Wildman–Crippen MR) is 76.6 cm³/mol. The highest BCUT2D eigenvalue weighted by Crippen LogP contribution is 2.24. The maximum atomic E-state index is 13.9. The lowest BCUT2D eigenvalue weighted by Crippen LogP contribution is -2.16. The molecule has 0 saturated carbocycles. The molecule has 0 saturated heterocycles. The van der Waals surface area contributed by atoms with Crippen LogP contribution in [0.15, 0.2) is 22.7 Å². The monoisotopic (exact) mass is 306 g/mol. The van der Waals surface area contributed by atoms with Gasteiger partial charge in [0.15, 0.2) is 5.76 Å². The summed E-state index contributed by atoms with van der Waals surface area (Å²) in [5, 5.41) is 15.0. The molecule has 1 heterocycles. The van der Waals surface area contributed by atoms with Gasteiger partial charge in [-0.15, -0.1) is 0 Å². The topological polar surface area (TPSA) is 92.4 Å². The summed E-state index contributed by atoms with van der Waals surface area (Å²) in [7, 11) is 0. The highest BCUT2D eigenvalue weighted by atomic mass is 19.1. The first-order chi connectivity index (χ1) is 10.3. The second-order valence-corrected chi connectivity index (χ2v) is 5.12. The standard InChI is InChI=1S/C15H15FN2O4/c1-7(2)13-12(8(3)18-22-13)14(19)17-11-5-4-9(15(20)21)6-10(11)16/h4-7H,1-3H3,(H,17,19)(H,20,21). The summed E-state index contributed by atoms with van der Waals surface area (Å²) >= 11 is 0. The van der Waals surface area contributed by atoms with Crippen LogP contribution in [-0.2, 0) is 0 Å². The van der Waals surface area contributed by atoms with Gasteiger partial charge >= 0.3 is 5.97 Å². The van der Waals surface area contributed by atoms with E-state index in [4.69, 9.17) is 9.63 Å². The highest BCUT2D eigenvalue weighted by molar-refractivity contribution is 6.06. The molecule has 0 spiro atoms. The van der Waals surface area contributed by atoms with Gasteiger partial charge in [0.25, 0.3) is 5.91 Å². The van der Waals surface area contributed by atoms with E-state index in [9.17, 15) is 14.0 Å². The molecule has 2 rings (SSSR count). The summed E-state index contributed by atoms with van der Waals surface area (Å²) in [6.07, 6.45) is 0. The van der Waals surface area contributed by atoms with Crippen LogP contribution in [0.25, 0.3) is 0 Å². The molecule has 2 aromatic rings. The molecular weight excluding hydrogens is 291 g/mol. The Bertz CT molecular complexity index is 737. The van der Waals surface area contributed by atoms with Crippen LogP contribution in [0, 0.1) is 12.7 Å². The number of amides is 1. The van der Waals surface area contributed by atoms with Crippen LogP contribution in [0.4, 0.5) is 10.1 Å². The van der Waals surface area contributed by atoms with Crippen molar-refractivity contribution < 1.29 is 23.6 Å². The zero-order valence-corrected chi connectivity index (χ0v) is 12.3. The predicted octanol–water partition coefficient (Wildman–Crippen LogP) is 3.20. The molecule has 0 radical (unpaired) electrons. The first-order valence-electron chi connectivity index (χ1n) is 6.61. The fourth-order valence-corrected chi connectivity index (χ4v) is 1.99. The average molecular weight is 306 g/mol. The number of carboxylic acids is 1. The van der Waals surface area contributed by atoms with Gasteiger partial charge in [-0.3, -0.25) is 4.79 Å². The van der Waals surface area contributed by atoms with E-state index in [2.05, 4.69) is 10.5 Å². The molecule has 7 heteroatoms. The minimum absolute atomic E-state index is 0.0545. The van der Waals surface area contributed by atoms with Gasteiger partial charge in [0.05, 0.1) is 16.9 Å². The highest BCUT2D eigenvalue weighted by Gasteiger charge is 2.23. The number of aromatic nitrogens is 1. The summed E-state index contributed by atoms with van der Waals surface area (Å²) in [5.41, 5.74) is 0.366. The van der Waals surface area contributed by atoms with Crippen LogP contribution in [0.5, 0.6) is 0 Å². The van der Waals surface area contributed by atoms with E-state index in [1.54, 1.807) is 6.92 Å². The Morgan fingerprint density at radius 3 is 2.59 bits per heavy atom. The summed E-state index contributed by atoms with van der Waals surface area (Å²) in [6, 6.07) is 3.27. The third-order valence-corrected chi connectivity index (χ3v) is 3.10. The number of hydrogen-bond donors (Lipinski definition) is 2. The summed E-state index contributed by atoms with van der Waals surface area (Å²) in [4.78, 5) is 23.1. The van der Waals surface area contributed by atoms with Gasteiger partial charge < -0.3 is 14.9 Å². The fraction of sp³-hybridized carbons (Fsp3) is 0.267. The molecule has 6 nitrogen and oxygen atoms in total. The Balaban J connectivity index is 2.30. The SMILES string of the molecule is Cc1noc(C(C)C)c1C(=O)Nc1ccc(C(=O)O)cc1F. The minimum Gasteiger partial charge on any atom is -0.478 e. The Hall–Kier alpha value is -2.70. The van der Waals surface area contributed by atoms with Gasteiger partial charge in [0.2, 0.25) is 0 Å². The van der Waals surface area contributed by atoms with Crippen LogP contribution in [0.3, 0.4) is 0 Å². The number of carbonyl (C=O) groups excluding carboxylic acids is 1. The summed E-state index contributed by atoms with van der Waals surface area (Å²) in [6.45, 7) is 5.31. The van der Waals surface area contributed by atoms with Crippen LogP contribution < -0.4 is 5.32 Å². The lowest BCUT2D eigenvalue weighted by atomic mass is 10.0. The number of aromatic carboxylic acids is 1. The molecule has 1 aromatic heterocycles. The maximum absolute atomic E-state index is 13.9. The number of benzene rings is 1. The zero-order chi connectivity index (χ0) is 16.4. The Labute approximate surface area is 125 Å². The molecule has 0 fully saturated rings. The van der Waals surface area contributed by atoms with Gasteiger partial charge in [0.1, 0.15) is 11.4 Å². The van der Waals surface area contributed by atoms with Crippen molar-refractivity contribution in [2.45, 2.75) is 26.7 Å². The largest absolute Gasteiger partial charge is 0.478 e. The molecule has 2 N–H and O–H groups in total. The molecule has 1 amide bonds. The Morgan fingerprint density at radius 2 is 2.05 bits per heavy atom. The quantitative estimate of drug-likeness (QED) is 0.905. The van der Waals surface area contributed by atoms with E-state index in [-0.39, 0.29) is 22.7 Å². The van der Waals surface area contributed by atoms with Crippen molar-refractivity contribution in [3.8, 4) is 0 Å². The lowest BCUT2D eigenvalue weighted by molar-refractivity contribution is 0.0696. The number of carboxylic acid groups (broad SMARTS) is 1. The number of aryl methyl sites for hydroxylation is 1. The van der Waals surface area contributed by atoms with E-state index < -0.39 is 17.7 Å². The van der Waals surface area contributed by atoms with E-state index in [0.717, 1.165) is 6.07 Å². The number of rotatable bonds is 4. The molecule has 116 valence electrons. The zero-order valence-electron chi connectivity index (χ0n) is 12.3. The van der Waals surface area contributed by atoms with Crippen LogP contribution in [0.1, 0.15) is 51.9 Å². The third-order valence-electron chi connectivity index (χ3n) is 3.10. The summed E-state index contributed by atoms with van der Waals surface area (Å²) in [5.74, 6) is -2.26. The van der Waals surface area contributed by atoms with Crippen molar-refractivity contribution in [2.24, 2.45) is 0 Å². The van der Waals surface area contributed by atoms with Gasteiger partial charge in [-0.2, -0.15) is 0 Å². The molecule has 1 aromatic carbocycles. The van der Waals surface area contributed by atoms with Crippen molar-refractivity contribution in [1.29, 1.82) is 0 Å². The van der Waals surface area contributed by atoms with E-state index >= 15 is 0 Å². The summed E-state index contributed by atoms with van der Waals surface area (Å²) < 4.78 is 19.0. The number of halogens is 1. The Kier molecular flexibility index (Phi) is 4.25. The molecular formula is C15H15FN2O4. The van der Waals surface area contributed by atoms with Crippen molar-refractivity contribution in [3.63, 3.8) is 0 Å². The smallest absolute Gasteiger partial charge is 0.335 e. The maximum Gasteiger partial charge on any atom is 0.335 e. The Morgan fingerprint density at radius 1 is 1.36 bits per heavy atom. The second kappa shape index (κ2) is 5.97. The minimum atomic E-state index is -1.24. The molecule has 0 unspecified atom stereocenters. The lowest BCUT2D eigenvalue weighted by Gasteiger charge is -2.08. The van der Waals surface area contributed by atoms with Gasteiger partial charge in [-0.25, -0.2) is 9.18 Å². The van der Waals surface area contributed by atoms with Crippen LogP contribution in [-0.4, -0.2) is 22.1 Å².